The van der Waals surface area contributed by atoms with Crippen LogP contribution in [0.25, 0.3) is 16.9 Å². The average molecular weight is 527 g/mol. The molecule has 1 aliphatic heterocycles. The van der Waals surface area contributed by atoms with Crippen LogP contribution in [0.2, 0.25) is 0 Å². The lowest BCUT2D eigenvalue weighted by molar-refractivity contribution is -0.384. The van der Waals surface area contributed by atoms with E-state index in [0.29, 0.717) is 53.1 Å². The second-order valence-corrected chi connectivity index (χ2v) is 9.60. The largest absolute Gasteiger partial charge is 0.497 e. The van der Waals surface area contributed by atoms with Crippen molar-refractivity contribution in [1.29, 1.82) is 0 Å². The minimum absolute atomic E-state index is 0.0771. The molecule has 1 aliphatic rings. The number of likely N-dealkylation sites (tertiary alicyclic amines) is 1. The van der Waals surface area contributed by atoms with Crippen LogP contribution in [0.3, 0.4) is 0 Å². The summed E-state index contributed by atoms with van der Waals surface area (Å²) < 4.78 is 12.4. The number of nitrogens with zero attached hydrogens (tertiary/aromatic N) is 4. The molecule has 1 aromatic heterocycles. The van der Waals surface area contributed by atoms with Crippen LogP contribution in [0.5, 0.6) is 11.5 Å². The number of hydrogen-bond donors (Lipinski definition) is 0. The number of piperidine rings is 1. The Morgan fingerprint density at radius 2 is 1.74 bits per heavy atom. The molecule has 0 atom stereocenters. The van der Waals surface area contributed by atoms with Gasteiger partial charge in [0, 0.05) is 36.9 Å². The number of amides is 1. The smallest absolute Gasteiger partial charge is 0.272 e. The maximum absolute atomic E-state index is 13.9. The van der Waals surface area contributed by atoms with Gasteiger partial charge in [-0.2, -0.15) is 5.10 Å². The first-order valence-electron chi connectivity index (χ1n) is 12.9. The van der Waals surface area contributed by atoms with Gasteiger partial charge in [0.15, 0.2) is 0 Å². The maximum atomic E-state index is 13.9. The van der Waals surface area contributed by atoms with Gasteiger partial charge < -0.3 is 14.4 Å². The summed E-state index contributed by atoms with van der Waals surface area (Å²) in [4.78, 5) is 26.7. The molecule has 4 aromatic rings. The predicted octanol–water partition coefficient (Wildman–Crippen LogP) is 5.56. The van der Waals surface area contributed by atoms with E-state index >= 15 is 0 Å². The zero-order valence-electron chi connectivity index (χ0n) is 21.9. The van der Waals surface area contributed by atoms with Gasteiger partial charge in [0.2, 0.25) is 0 Å². The minimum atomic E-state index is -0.459. The number of rotatable bonds is 8. The van der Waals surface area contributed by atoms with Gasteiger partial charge >= 0.3 is 0 Å². The number of nitro groups is 1. The van der Waals surface area contributed by atoms with Crippen molar-refractivity contribution in [2.24, 2.45) is 5.92 Å². The van der Waals surface area contributed by atoms with Crippen LogP contribution in [-0.2, 0) is 6.42 Å². The van der Waals surface area contributed by atoms with Crippen molar-refractivity contribution in [3.8, 4) is 28.4 Å². The first-order valence-corrected chi connectivity index (χ1v) is 12.9. The number of nitro benzene ring substituents is 1. The van der Waals surface area contributed by atoms with E-state index in [4.69, 9.17) is 14.6 Å². The number of carbonyl (C=O) groups excluding carboxylic acids is 1. The molecule has 5 rings (SSSR count). The summed E-state index contributed by atoms with van der Waals surface area (Å²) in [5.74, 6) is 1.52. The molecule has 9 heteroatoms. The van der Waals surface area contributed by atoms with Crippen LogP contribution in [0, 0.1) is 16.0 Å². The molecule has 0 aliphatic carbocycles. The van der Waals surface area contributed by atoms with Crippen LogP contribution in [-0.4, -0.2) is 52.8 Å². The summed E-state index contributed by atoms with van der Waals surface area (Å²) >= 11 is 0. The van der Waals surface area contributed by atoms with Crippen molar-refractivity contribution in [2.45, 2.75) is 19.3 Å². The van der Waals surface area contributed by atoms with Gasteiger partial charge in [0.1, 0.15) is 17.2 Å². The van der Waals surface area contributed by atoms with E-state index in [9.17, 15) is 14.9 Å². The van der Waals surface area contributed by atoms with Gasteiger partial charge in [0.25, 0.3) is 11.6 Å². The monoisotopic (exact) mass is 526 g/mol. The topological polar surface area (TPSA) is 99.7 Å². The summed E-state index contributed by atoms with van der Waals surface area (Å²) in [6.07, 6.45) is 2.81. The Balaban J connectivity index is 1.46. The number of aromatic nitrogens is 2. The Bertz CT molecular complexity index is 1480. The zero-order valence-corrected chi connectivity index (χ0v) is 21.9. The molecule has 2 heterocycles. The maximum Gasteiger partial charge on any atom is 0.272 e. The van der Waals surface area contributed by atoms with Crippen LogP contribution in [0.1, 0.15) is 28.9 Å². The van der Waals surface area contributed by atoms with E-state index in [2.05, 4.69) is 24.3 Å². The number of carbonyl (C=O) groups is 1. The van der Waals surface area contributed by atoms with Crippen molar-refractivity contribution >= 4 is 11.6 Å². The molecule has 1 fully saturated rings. The third-order valence-electron chi connectivity index (χ3n) is 7.17. The van der Waals surface area contributed by atoms with Gasteiger partial charge in [-0.05, 0) is 55.0 Å². The van der Waals surface area contributed by atoms with E-state index in [1.54, 1.807) is 44.6 Å². The molecule has 1 saturated heterocycles. The molecule has 0 bridgehead atoms. The molecule has 0 saturated carbocycles. The number of methoxy groups -OCH3 is 2. The van der Waals surface area contributed by atoms with E-state index < -0.39 is 4.92 Å². The Morgan fingerprint density at radius 3 is 2.44 bits per heavy atom. The summed E-state index contributed by atoms with van der Waals surface area (Å²) in [5, 5.41) is 16.2. The summed E-state index contributed by atoms with van der Waals surface area (Å²) in [5.41, 5.74) is 3.20. The van der Waals surface area contributed by atoms with Crippen molar-refractivity contribution in [1.82, 2.24) is 14.7 Å². The summed E-state index contributed by atoms with van der Waals surface area (Å²) in [7, 11) is 3.13. The first kappa shape index (κ1) is 26.0. The van der Waals surface area contributed by atoms with Crippen LogP contribution in [0.15, 0.2) is 78.9 Å². The number of hydrogen-bond acceptors (Lipinski definition) is 6. The predicted molar refractivity (Wildman–Crippen MR) is 148 cm³/mol. The zero-order chi connectivity index (χ0) is 27.4. The van der Waals surface area contributed by atoms with E-state index in [1.165, 1.54) is 22.4 Å². The van der Waals surface area contributed by atoms with E-state index in [-0.39, 0.29) is 11.6 Å². The molecular weight excluding hydrogens is 496 g/mol. The number of non-ortho nitro benzene ring substituents is 1. The fourth-order valence-electron chi connectivity index (χ4n) is 5.06. The highest BCUT2D eigenvalue weighted by Crippen LogP contribution is 2.34. The second kappa shape index (κ2) is 11.4. The quantitative estimate of drug-likeness (QED) is 0.220. The van der Waals surface area contributed by atoms with Crippen molar-refractivity contribution in [3.63, 3.8) is 0 Å². The first-order chi connectivity index (χ1) is 19.0. The molecule has 0 spiro atoms. The highest BCUT2D eigenvalue weighted by Gasteiger charge is 2.28. The van der Waals surface area contributed by atoms with Gasteiger partial charge in [-0.1, -0.05) is 36.4 Å². The molecule has 0 unspecified atom stereocenters. The van der Waals surface area contributed by atoms with Gasteiger partial charge in [0.05, 0.1) is 30.5 Å². The Morgan fingerprint density at radius 1 is 0.974 bits per heavy atom. The van der Waals surface area contributed by atoms with Gasteiger partial charge in [-0.15, -0.1) is 0 Å². The molecule has 200 valence electrons. The van der Waals surface area contributed by atoms with Crippen LogP contribution >= 0.6 is 0 Å². The standard InChI is InChI=1S/C30H30N4O5/c1-38-25-11-12-26(29(19-25)39-2)27-20-28(33(31-27)23-9-6-10-24(18-23)34(36)37)30(35)32-15-13-22(14-16-32)17-21-7-4-3-5-8-21/h3-12,18-20,22H,13-17H2,1-2H3. The van der Waals surface area contributed by atoms with E-state index in [0.717, 1.165) is 19.3 Å². The summed E-state index contributed by atoms with van der Waals surface area (Å²) in [6.45, 7) is 1.27. The highest BCUT2D eigenvalue weighted by molar-refractivity contribution is 5.94. The Hall–Kier alpha value is -4.66. The average Bonchev–Trinajstić information content (AvgIpc) is 3.43. The molecule has 39 heavy (non-hydrogen) atoms. The lowest BCUT2D eigenvalue weighted by atomic mass is 9.90. The Labute approximate surface area is 226 Å². The summed E-state index contributed by atoms with van der Waals surface area (Å²) in [6, 6.07) is 23.6. The molecule has 0 N–H and O–H groups in total. The fraction of sp³-hybridized carbons (Fsp3) is 0.267. The third-order valence-corrected chi connectivity index (χ3v) is 7.17. The van der Waals surface area contributed by atoms with Crippen LogP contribution in [0.4, 0.5) is 5.69 Å². The third kappa shape index (κ3) is 5.62. The Kier molecular flexibility index (Phi) is 7.58. The van der Waals surface area contributed by atoms with Gasteiger partial charge in [-0.3, -0.25) is 14.9 Å². The van der Waals surface area contributed by atoms with Crippen molar-refractivity contribution < 1.29 is 19.2 Å². The number of ether oxygens (including phenoxy) is 2. The lowest BCUT2D eigenvalue weighted by Gasteiger charge is -2.32. The molecule has 9 nitrogen and oxygen atoms in total. The normalized spacial score (nSPS) is 13.7. The van der Waals surface area contributed by atoms with E-state index in [1.807, 2.05) is 17.0 Å². The molecule has 3 aromatic carbocycles. The molecular formula is C30H30N4O5. The van der Waals surface area contributed by atoms with Crippen LogP contribution < -0.4 is 9.47 Å². The minimum Gasteiger partial charge on any atom is -0.497 e. The molecule has 1 amide bonds. The number of benzene rings is 3. The highest BCUT2D eigenvalue weighted by atomic mass is 16.6. The van der Waals surface area contributed by atoms with Crippen molar-refractivity contribution in [2.75, 3.05) is 27.3 Å². The lowest BCUT2D eigenvalue weighted by Crippen LogP contribution is -2.39. The van der Waals surface area contributed by atoms with Gasteiger partial charge in [-0.25, -0.2) is 4.68 Å². The second-order valence-electron chi connectivity index (χ2n) is 9.60. The van der Waals surface area contributed by atoms with Crippen molar-refractivity contribution in [3.05, 3.63) is 100 Å². The SMILES string of the molecule is COc1ccc(-c2cc(C(=O)N3CCC(Cc4ccccc4)CC3)n(-c3cccc([N+](=O)[O-])c3)n2)c(OC)c1. The fourth-order valence-corrected chi connectivity index (χ4v) is 5.06. The molecule has 0 radical (unpaired) electrons.